The summed E-state index contributed by atoms with van der Waals surface area (Å²) in [5.74, 6) is 0.277. The largest absolute Gasteiger partial charge is 0.508 e. The van der Waals surface area contributed by atoms with Gasteiger partial charge in [0.1, 0.15) is 10.8 Å². The molecule has 0 saturated carbocycles. The van der Waals surface area contributed by atoms with Crippen LogP contribution in [0.25, 0.3) is 0 Å². The summed E-state index contributed by atoms with van der Waals surface area (Å²) in [6.07, 6.45) is 1.93. The fraction of sp³-hybridized carbons (Fsp3) is 0.412. The third-order valence-corrected chi connectivity index (χ3v) is 4.85. The Labute approximate surface area is 135 Å². The number of carbonyl (C=O) groups is 1. The van der Waals surface area contributed by atoms with Gasteiger partial charge in [-0.2, -0.15) is 0 Å². The second-order valence-electron chi connectivity index (χ2n) is 5.39. The zero-order valence-electron chi connectivity index (χ0n) is 13.2. The third-order valence-electron chi connectivity index (χ3n) is 3.66. The molecule has 1 unspecified atom stereocenters. The molecule has 1 atom stereocenters. The summed E-state index contributed by atoms with van der Waals surface area (Å²) in [7, 11) is 0. The monoisotopic (exact) mass is 318 g/mol. The van der Waals surface area contributed by atoms with E-state index in [1.165, 1.54) is 4.88 Å². The van der Waals surface area contributed by atoms with Crippen molar-refractivity contribution in [2.24, 2.45) is 0 Å². The molecule has 1 amide bonds. The number of thiazole rings is 1. The standard InChI is InChI=1S/C17H22N2O2S/c1-4-15(17-18-11(2)12(3)22-17)19-16(21)10-7-13-5-8-14(20)9-6-13/h5-6,8-9,15,20H,4,7,10H2,1-3H3,(H,19,21). The number of aryl methyl sites for hydroxylation is 3. The van der Waals surface area contributed by atoms with Gasteiger partial charge >= 0.3 is 0 Å². The highest BCUT2D eigenvalue weighted by atomic mass is 32.1. The van der Waals surface area contributed by atoms with Gasteiger partial charge in [-0.05, 0) is 44.4 Å². The van der Waals surface area contributed by atoms with Gasteiger partial charge < -0.3 is 10.4 Å². The van der Waals surface area contributed by atoms with Crippen molar-refractivity contribution in [3.05, 3.63) is 45.4 Å². The number of rotatable bonds is 6. The number of phenolic OH excluding ortho intramolecular Hbond substituents is 1. The summed E-state index contributed by atoms with van der Waals surface area (Å²) in [6, 6.07) is 6.96. The second kappa shape index (κ2) is 7.40. The van der Waals surface area contributed by atoms with Crippen LogP contribution in [0.2, 0.25) is 0 Å². The van der Waals surface area contributed by atoms with Crippen molar-refractivity contribution in [3.8, 4) is 5.75 Å². The van der Waals surface area contributed by atoms with E-state index in [1.54, 1.807) is 23.5 Å². The summed E-state index contributed by atoms with van der Waals surface area (Å²) < 4.78 is 0. The number of hydrogen-bond donors (Lipinski definition) is 2. The molecule has 0 aliphatic carbocycles. The van der Waals surface area contributed by atoms with Crippen LogP contribution in [0.15, 0.2) is 24.3 Å². The van der Waals surface area contributed by atoms with Crippen molar-refractivity contribution in [2.45, 2.75) is 46.1 Å². The van der Waals surface area contributed by atoms with Crippen LogP contribution in [0.1, 0.15) is 46.9 Å². The van der Waals surface area contributed by atoms with E-state index in [4.69, 9.17) is 0 Å². The van der Waals surface area contributed by atoms with Crippen molar-refractivity contribution < 1.29 is 9.90 Å². The quantitative estimate of drug-likeness (QED) is 0.854. The van der Waals surface area contributed by atoms with Gasteiger partial charge in [-0.1, -0.05) is 19.1 Å². The molecule has 1 aromatic carbocycles. The highest BCUT2D eigenvalue weighted by Gasteiger charge is 2.17. The number of nitrogens with zero attached hydrogens (tertiary/aromatic N) is 1. The van der Waals surface area contributed by atoms with Crippen LogP contribution in [0, 0.1) is 13.8 Å². The number of phenols is 1. The van der Waals surface area contributed by atoms with Crippen LogP contribution < -0.4 is 5.32 Å². The molecule has 0 aliphatic rings. The molecule has 22 heavy (non-hydrogen) atoms. The number of hydrogen-bond acceptors (Lipinski definition) is 4. The number of nitrogens with one attached hydrogen (secondary N) is 1. The summed E-state index contributed by atoms with van der Waals surface area (Å²) >= 11 is 1.65. The Morgan fingerprint density at radius 3 is 2.55 bits per heavy atom. The molecule has 0 fully saturated rings. The molecule has 0 radical (unpaired) electrons. The van der Waals surface area contributed by atoms with Crippen LogP contribution in [-0.4, -0.2) is 16.0 Å². The molecule has 0 spiro atoms. The predicted octanol–water partition coefficient (Wildman–Crippen LogP) is 3.67. The first-order valence-electron chi connectivity index (χ1n) is 7.50. The van der Waals surface area contributed by atoms with Gasteiger partial charge in [-0.25, -0.2) is 4.98 Å². The van der Waals surface area contributed by atoms with Crippen LogP contribution >= 0.6 is 11.3 Å². The Hall–Kier alpha value is -1.88. The van der Waals surface area contributed by atoms with Crippen LogP contribution in [0.5, 0.6) is 5.75 Å². The highest BCUT2D eigenvalue weighted by molar-refractivity contribution is 7.11. The molecule has 1 heterocycles. The maximum absolute atomic E-state index is 12.1. The van der Waals surface area contributed by atoms with E-state index in [9.17, 15) is 9.90 Å². The van der Waals surface area contributed by atoms with E-state index in [0.29, 0.717) is 12.8 Å². The minimum atomic E-state index is -0.00952. The van der Waals surface area contributed by atoms with E-state index in [1.807, 2.05) is 19.1 Å². The Bertz CT molecular complexity index is 615. The topological polar surface area (TPSA) is 62.2 Å². The van der Waals surface area contributed by atoms with Crippen molar-refractivity contribution in [2.75, 3.05) is 0 Å². The van der Waals surface area contributed by atoms with Crippen molar-refractivity contribution in [3.63, 3.8) is 0 Å². The lowest BCUT2D eigenvalue weighted by atomic mass is 10.1. The molecule has 0 bridgehead atoms. The summed E-state index contributed by atoms with van der Waals surface area (Å²) in [4.78, 5) is 17.9. The van der Waals surface area contributed by atoms with Crippen molar-refractivity contribution in [1.82, 2.24) is 10.3 Å². The van der Waals surface area contributed by atoms with Gasteiger partial charge in [0.25, 0.3) is 0 Å². The Balaban J connectivity index is 1.90. The number of carbonyl (C=O) groups excluding carboxylic acids is 1. The lowest BCUT2D eigenvalue weighted by Crippen LogP contribution is -2.28. The van der Waals surface area contributed by atoms with Gasteiger partial charge in [0.15, 0.2) is 0 Å². The maximum Gasteiger partial charge on any atom is 0.220 e. The van der Waals surface area contributed by atoms with Gasteiger partial charge in [-0.3, -0.25) is 4.79 Å². The molecule has 2 N–H and O–H groups in total. The molecule has 0 aliphatic heterocycles. The average Bonchev–Trinajstić information content (AvgIpc) is 2.83. The molecule has 1 aromatic heterocycles. The zero-order valence-corrected chi connectivity index (χ0v) is 14.0. The number of aromatic nitrogens is 1. The van der Waals surface area contributed by atoms with Gasteiger partial charge in [0.05, 0.1) is 11.7 Å². The van der Waals surface area contributed by atoms with Crippen molar-refractivity contribution >= 4 is 17.2 Å². The minimum Gasteiger partial charge on any atom is -0.508 e. The number of benzene rings is 1. The molecule has 0 saturated heterocycles. The fourth-order valence-electron chi connectivity index (χ4n) is 2.17. The van der Waals surface area contributed by atoms with E-state index in [-0.39, 0.29) is 17.7 Å². The minimum absolute atomic E-state index is 0.00952. The third kappa shape index (κ3) is 4.31. The smallest absolute Gasteiger partial charge is 0.220 e. The lowest BCUT2D eigenvalue weighted by molar-refractivity contribution is -0.121. The van der Waals surface area contributed by atoms with E-state index in [2.05, 4.69) is 24.1 Å². The lowest BCUT2D eigenvalue weighted by Gasteiger charge is -2.14. The average molecular weight is 318 g/mol. The normalized spacial score (nSPS) is 12.1. The van der Waals surface area contributed by atoms with Gasteiger partial charge in [0.2, 0.25) is 5.91 Å². The molecular formula is C17H22N2O2S. The van der Waals surface area contributed by atoms with Crippen molar-refractivity contribution in [1.29, 1.82) is 0 Å². The Kier molecular flexibility index (Phi) is 5.55. The first-order valence-corrected chi connectivity index (χ1v) is 8.32. The Morgan fingerprint density at radius 2 is 2.00 bits per heavy atom. The fourth-order valence-corrected chi connectivity index (χ4v) is 3.23. The van der Waals surface area contributed by atoms with Gasteiger partial charge in [0, 0.05) is 11.3 Å². The van der Waals surface area contributed by atoms with Gasteiger partial charge in [-0.15, -0.1) is 11.3 Å². The summed E-state index contributed by atoms with van der Waals surface area (Å²) in [6.45, 7) is 6.10. The zero-order chi connectivity index (χ0) is 16.1. The molecule has 118 valence electrons. The van der Waals surface area contributed by atoms with Crippen LogP contribution in [0.3, 0.4) is 0 Å². The van der Waals surface area contributed by atoms with Crippen LogP contribution in [-0.2, 0) is 11.2 Å². The highest BCUT2D eigenvalue weighted by Crippen LogP contribution is 2.25. The van der Waals surface area contributed by atoms with E-state index < -0.39 is 0 Å². The molecule has 2 rings (SSSR count). The molecule has 2 aromatic rings. The van der Waals surface area contributed by atoms with E-state index >= 15 is 0 Å². The summed E-state index contributed by atoms with van der Waals surface area (Å²) in [5.41, 5.74) is 2.08. The first-order chi connectivity index (χ1) is 10.5. The first kappa shape index (κ1) is 16.5. The molecule has 5 heteroatoms. The van der Waals surface area contributed by atoms with E-state index in [0.717, 1.165) is 22.7 Å². The maximum atomic E-state index is 12.1. The summed E-state index contributed by atoms with van der Waals surface area (Å²) in [5, 5.41) is 13.3. The number of aromatic hydroxyl groups is 1. The number of amides is 1. The SMILES string of the molecule is CCC(NC(=O)CCc1ccc(O)cc1)c1nc(C)c(C)s1. The predicted molar refractivity (Wildman–Crippen MR) is 89.2 cm³/mol. The second-order valence-corrected chi connectivity index (χ2v) is 6.62. The molecule has 4 nitrogen and oxygen atoms in total. The Morgan fingerprint density at radius 1 is 1.32 bits per heavy atom. The van der Waals surface area contributed by atoms with Crippen LogP contribution in [0.4, 0.5) is 0 Å². The molecular weight excluding hydrogens is 296 g/mol.